The van der Waals surface area contributed by atoms with Gasteiger partial charge in [-0.2, -0.15) is 0 Å². The van der Waals surface area contributed by atoms with Crippen molar-refractivity contribution in [2.24, 2.45) is 0 Å². The summed E-state index contributed by atoms with van der Waals surface area (Å²) >= 11 is 0. The lowest BCUT2D eigenvalue weighted by Gasteiger charge is -2.46. The highest BCUT2D eigenvalue weighted by Crippen LogP contribution is 2.47. The second kappa shape index (κ2) is 25.2. The van der Waals surface area contributed by atoms with E-state index in [2.05, 4.69) is 4.98 Å². The van der Waals surface area contributed by atoms with E-state index in [4.69, 9.17) is 42.6 Å². The molecule has 3 aliphatic rings. The van der Waals surface area contributed by atoms with E-state index in [1.54, 1.807) is 6.20 Å². The van der Waals surface area contributed by atoms with Crippen LogP contribution in [0, 0.1) is 0 Å². The van der Waals surface area contributed by atoms with Crippen LogP contribution in [-0.2, 0) is 77.7 Å². The average molecular weight is 1120 g/mol. The average Bonchev–Trinajstić information content (AvgIpc) is 1.92. The molecule has 3 aliphatic heterocycles. The number of rotatable bonds is 23. The Morgan fingerprint density at radius 3 is 1.54 bits per heavy atom. The molecule has 1 fully saturated rings. The summed E-state index contributed by atoms with van der Waals surface area (Å²) in [7, 11) is 0. The molecule has 8 aromatic carbocycles. The lowest BCUT2D eigenvalue weighted by molar-refractivity contribution is -0.289. The van der Waals surface area contributed by atoms with Crippen LogP contribution in [0.2, 0.25) is 0 Å². The van der Waals surface area contributed by atoms with Gasteiger partial charge in [0.05, 0.1) is 56.3 Å². The van der Waals surface area contributed by atoms with Crippen LogP contribution in [0.1, 0.15) is 50.7 Å². The normalized spacial score (nSPS) is 18.6. The summed E-state index contributed by atoms with van der Waals surface area (Å²) in [6.07, 6.45) is -0.428. The minimum absolute atomic E-state index is 0.0563. The van der Waals surface area contributed by atoms with Crippen LogP contribution in [-0.4, -0.2) is 70.8 Å². The number of nitrogens with zero attached hydrogens (tertiary/aromatic N) is 2. The summed E-state index contributed by atoms with van der Waals surface area (Å²) in [5.41, 5.74) is 8.38. The maximum Gasteiger partial charge on any atom is 0.264 e. The van der Waals surface area contributed by atoms with Gasteiger partial charge in [0, 0.05) is 45.9 Å². The van der Waals surface area contributed by atoms with Gasteiger partial charge in [-0.15, -0.1) is 0 Å². The second-order valence-electron chi connectivity index (χ2n) is 21.0. The molecule has 5 atom stereocenters. The number of fused-ring (bicyclic) bond motifs is 3. The van der Waals surface area contributed by atoms with Crippen molar-refractivity contribution in [3.05, 3.63) is 269 Å². The van der Waals surface area contributed by atoms with Crippen LogP contribution in [0.15, 0.2) is 225 Å². The number of aromatic nitrogens is 2. The summed E-state index contributed by atoms with van der Waals surface area (Å²) in [5, 5.41) is 1.28. The summed E-state index contributed by atoms with van der Waals surface area (Å²) in [6, 6.07) is 69.0. The number of imide groups is 1. The molecule has 0 saturated carbocycles. The van der Waals surface area contributed by atoms with E-state index in [1.165, 1.54) is 4.90 Å². The monoisotopic (exact) mass is 1120 g/mol. The summed E-state index contributed by atoms with van der Waals surface area (Å²) in [6.45, 7) is 1.30. The molecule has 14 heteroatoms. The van der Waals surface area contributed by atoms with Crippen molar-refractivity contribution in [3.8, 4) is 17.2 Å². The van der Waals surface area contributed by atoms with E-state index in [9.17, 15) is 0 Å². The van der Waals surface area contributed by atoms with Gasteiger partial charge < -0.3 is 52.2 Å². The van der Waals surface area contributed by atoms with E-state index >= 15 is 9.59 Å². The Hall–Kier alpha value is -9.12. The molecule has 0 bridgehead atoms. The van der Waals surface area contributed by atoms with Crippen molar-refractivity contribution in [1.82, 2.24) is 14.5 Å². The molecule has 10 aromatic rings. The first kappa shape index (κ1) is 54.1. The number of carbonyl (C=O) groups is 2. The molecule has 2 aromatic heterocycles. The molecule has 5 unspecified atom stereocenters. The fourth-order valence-corrected chi connectivity index (χ4v) is 11.2. The fourth-order valence-electron chi connectivity index (χ4n) is 11.2. The zero-order valence-corrected chi connectivity index (χ0v) is 46.0. The van der Waals surface area contributed by atoms with Gasteiger partial charge in [0.15, 0.2) is 17.7 Å². The molecule has 1 saturated heterocycles. The second-order valence-corrected chi connectivity index (χ2v) is 21.0. The molecule has 1 N–H and O–H groups in total. The zero-order chi connectivity index (χ0) is 56.6. The van der Waals surface area contributed by atoms with Gasteiger partial charge in [-0.3, -0.25) is 9.59 Å². The summed E-state index contributed by atoms with van der Waals surface area (Å²) < 4.78 is 62.1. The fraction of sp³-hybridized carbons (Fsp3) is 0.200. The van der Waals surface area contributed by atoms with Crippen molar-refractivity contribution >= 4 is 44.8 Å². The molecule has 2 amide bonds. The molecule has 0 aliphatic carbocycles. The SMILES string of the molecule is O=C1C(c2c[nH]c3cc4c(cc23)OCO4)=C(c2cn(C3OC(COCc4ccccc4)C(OCc4ccccc4)C(OCc4ccccc4)C3OCc3ccccc3)c3ccc(OCc4ccccc4)cc23)C(=O)N1COCc1ccccc1. The largest absolute Gasteiger partial charge is 0.489 e. The van der Waals surface area contributed by atoms with Crippen molar-refractivity contribution < 1.29 is 52.2 Å². The third-order valence-electron chi connectivity index (χ3n) is 15.4. The van der Waals surface area contributed by atoms with Gasteiger partial charge >= 0.3 is 0 Å². The summed E-state index contributed by atoms with van der Waals surface area (Å²) in [4.78, 5) is 35.6. The Labute approximate surface area is 486 Å². The Kier molecular flexibility index (Phi) is 16.2. The predicted octanol–water partition coefficient (Wildman–Crippen LogP) is 12.8. The molecule has 13 rings (SSSR count). The first-order valence-corrected chi connectivity index (χ1v) is 28.2. The number of carbonyl (C=O) groups excluding carboxylic acids is 2. The van der Waals surface area contributed by atoms with E-state index < -0.39 is 42.5 Å². The zero-order valence-electron chi connectivity index (χ0n) is 46.0. The molecular formula is C70H61N3O11. The first-order valence-electron chi connectivity index (χ1n) is 28.2. The van der Waals surface area contributed by atoms with E-state index in [0.717, 1.165) is 33.4 Å². The van der Waals surface area contributed by atoms with Gasteiger partial charge in [0.2, 0.25) is 6.79 Å². The lowest BCUT2D eigenvalue weighted by Crippen LogP contribution is -2.59. The third kappa shape index (κ3) is 11.8. The molecule has 14 nitrogen and oxygen atoms in total. The van der Waals surface area contributed by atoms with Gasteiger partial charge in [0.25, 0.3) is 11.8 Å². The van der Waals surface area contributed by atoms with Crippen LogP contribution in [0.25, 0.3) is 33.0 Å². The topological polar surface area (TPSA) is 141 Å². The lowest BCUT2D eigenvalue weighted by atomic mass is 9.95. The van der Waals surface area contributed by atoms with Gasteiger partial charge in [-0.1, -0.05) is 182 Å². The van der Waals surface area contributed by atoms with Crippen molar-refractivity contribution in [2.75, 3.05) is 20.1 Å². The first-order chi connectivity index (χ1) is 41.5. The highest BCUT2D eigenvalue weighted by molar-refractivity contribution is 6.50. The number of nitrogens with one attached hydrogen (secondary N) is 1. The minimum atomic E-state index is -0.960. The Morgan fingerprint density at radius 2 is 0.964 bits per heavy atom. The number of aromatic amines is 1. The van der Waals surface area contributed by atoms with Crippen molar-refractivity contribution in [3.63, 3.8) is 0 Å². The molecule has 0 spiro atoms. The number of H-pyrrole nitrogens is 1. The molecule has 84 heavy (non-hydrogen) atoms. The Balaban J connectivity index is 0.979. The van der Waals surface area contributed by atoms with Crippen LogP contribution >= 0.6 is 0 Å². The standard InChI is InChI=1S/C70H61N3O11/c74-68-63(56-36-71-58-35-61-60(34-54(56)58)82-46-83-61)64(69(75)73(68)45-77-39-48-21-9-2-10-22-48)57-37-72(59-32-31-53(33-55(57)59)78-40-49-23-11-3-12-24-49)70-67(81-43-52-29-17-6-18-30-52)66(80-42-51-27-15-5-16-28-51)65(79-41-50-25-13-4-14-26-50)62(84-70)44-76-38-47-19-7-1-8-20-47/h1-37,62,65-67,70-71H,38-46H2. The van der Waals surface area contributed by atoms with Crippen LogP contribution in [0.4, 0.5) is 0 Å². The minimum Gasteiger partial charge on any atom is -0.489 e. The number of hydrogen-bond donors (Lipinski definition) is 1. The maximum atomic E-state index is 15.7. The van der Waals surface area contributed by atoms with E-state index in [1.807, 2.05) is 223 Å². The van der Waals surface area contributed by atoms with Crippen LogP contribution in [0.5, 0.6) is 17.2 Å². The third-order valence-corrected chi connectivity index (χ3v) is 15.4. The number of amides is 2. The summed E-state index contributed by atoms with van der Waals surface area (Å²) in [5.74, 6) is 0.565. The highest BCUT2D eigenvalue weighted by Gasteiger charge is 2.50. The molecular weight excluding hydrogens is 1060 g/mol. The molecule has 422 valence electrons. The predicted molar refractivity (Wildman–Crippen MR) is 317 cm³/mol. The van der Waals surface area contributed by atoms with Crippen LogP contribution in [0.3, 0.4) is 0 Å². The van der Waals surface area contributed by atoms with Crippen molar-refractivity contribution in [1.29, 1.82) is 0 Å². The number of hydrogen-bond acceptors (Lipinski definition) is 11. The molecule has 5 heterocycles. The van der Waals surface area contributed by atoms with E-state index in [0.29, 0.717) is 56.8 Å². The van der Waals surface area contributed by atoms with E-state index in [-0.39, 0.29) is 64.3 Å². The van der Waals surface area contributed by atoms with Crippen LogP contribution < -0.4 is 14.2 Å². The van der Waals surface area contributed by atoms with Crippen molar-refractivity contribution in [2.45, 2.75) is 70.3 Å². The van der Waals surface area contributed by atoms with Gasteiger partial charge in [-0.05, 0) is 57.6 Å². The number of benzene rings is 8. The molecule has 0 radical (unpaired) electrons. The Morgan fingerprint density at radius 1 is 0.476 bits per heavy atom. The quantitative estimate of drug-likeness (QED) is 0.0612. The Bertz CT molecular complexity index is 3900. The number of ether oxygens (including phenoxy) is 9. The van der Waals surface area contributed by atoms with Gasteiger partial charge in [-0.25, -0.2) is 4.90 Å². The maximum absolute atomic E-state index is 15.7. The smallest absolute Gasteiger partial charge is 0.264 e. The highest BCUT2D eigenvalue weighted by atomic mass is 16.7. The van der Waals surface area contributed by atoms with Gasteiger partial charge in [0.1, 0.15) is 43.5 Å².